The Morgan fingerprint density at radius 3 is 3.06 bits per heavy atom. The van der Waals surface area contributed by atoms with Gasteiger partial charge in [-0.1, -0.05) is 0 Å². The van der Waals surface area contributed by atoms with E-state index in [9.17, 15) is 9.59 Å². The van der Waals surface area contributed by atoms with Crippen molar-refractivity contribution in [2.75, 3.05) is 39.9 Å². The Bertz CT molecular complexity index is 340. The Kier molecular flexibility index (Phi) is 6.11. The molecule has 7 nitrogen and oxygen atoms in total. The van der Waals surface area contributed by atoms with Crippen LogP contribution in [0.2, 0.25) is 0 Å². The van der Waals surface area contributed by atoms with E-state index >= 15 is 0 Å². The third-order valence-corrected chi connectivity index (χ3v) is 2.58. The van der Waals surface area contributed by atoms with E-state index in [1.54, 1.807) is 0 Å². The first kappa shape index (κ1) is 14.4. The van der Waals surface area contributed by atoms with Gasteiger partial charge in [-0.05, 0) is 0 Å². The summed E-state index contributed by atoms with van der Waals surface area (Å²) >= 11 is 0. The highest BCUT2D eigenvalue weighted by Crippen LogP contribution is 2.08. The fourth-order valence-electron chi connectivity index (χ4n) is 1.71. The molecule has 1 unspecified atom stereocenters. The molecule has 1 rings (SSSR count). The molecule has 1 amide bonds. The normalized spacial score (nSPS) is 19.9. The molecule has 0 aromatic carbocycles. The van der Waals surface area contributed by atoms with E-state index in [0.717, 1.165) is 0 Å². The van der Waals surface area contributed by atoms with E-state index < -0.39 is 0 Å². The van der Waals surface area contributed by atoms with Crippen LogP contribution in [-0.2, 0) is 19.1 Å². The van der Waals surface area contributed by atoms with Gasteiger partial charge in [-0.25, -0.2) is 0 Å². The van der Waals surface area contributed by atoms with Gasteiger partial charge in [0.15, 0.2) is 0 Å². The van der Waals surface area contributed by atoms with Crippen molar-refractivity contribution in [1.29, 1.82) is 5.26 Å². The smallest absolute Gasteiger partial charge is 0.308 e. The Labute approximate surface area is 106 Å². The van der Waals surface area contributed by atoms with E-state index in [-0.39, 0.29) is 37.5 Å². The van der Waals surface area contributed by atoms with Gasteiger partial charge >= 0.3 is 5.97 Å². The molecule has 0 radical (unpaired) electrons. The predicted octanol–water partition coefficient (Wildman–Crippen LogP) is -1.11. The SMILES string of the molecule is COC(=O)CC1CN(CC(=O)NCC#N)CCO1. The number of hydrogen-bond acceptors (Lipinski definition) is 6. The molecule has 1 heterocycles. The first-order valence-corrected chi connectivity index (χ1v) is 5.70. The lowest BCUT2D eigenvalue weighted by Crippen LogP contribution is -2.47. The highest BCUT2D eigenvalue weighted by molar-refractivity contribution is 5.78. The van der Waals surface area contributed by atoms with E-state index in [1.165, 1.54) is 7.11 Å². The minimum absolute atomic E-state index is 0.00869. The minimum atomic E-state index is -0.323. The van der Waals surface area contributed by atoms with Crippen LogP contribution in [0.15, 0.2) is 0 Å². The molecule has 0 aliphatic carbocycles. The lowest BCUT2D eigenvalue weighted by molar-refractivity contribution is -0.145. The lowest BCUT2D eigenvalue weighted by atomic mass is 10.2. The zero-order valence-corrected chi connectivity index (χ0v) is 10.3. The average molecular weight is 255 g/mol. The molecule has 0 spiro atoms. The van der Waals surface area contributed by atoms with Crippen molar-refractivity contribution in [2.45, 2.75) is 12.5 Å². The highest BCUT2D eigenvalue weighted by Gasteiger charge is 2.24. The quantitative estimate of drug-likeness (QED) is 0.495. The van der Waals surface area contributed by atoms with E-state index in [0.29, 0.717) is 19.7 Å². The van der Waals surface area contributed by atoms with Crippen molar-refractivity contribution in [2.24, 2.45) is 0 Å². The lowest BCUT2D eigenvalue weighted by Gasteiger charge is -2.31. The summed E-state index contributed by atoms with van der Waals surface area (Å²) in [5.41, 5.74) is 0. The number of hydrogen-bond donors (Lipinski definition) is 1. The van der Waals surface area contributed by atoms with Gasteiger partial charge in [0, 0.05) is 13.1 Å². The van der Waals surface area contributed by atoms with Crippen LogP contribution < -0.4 is 5.32 Å². The zero-order valence-electron chi connectivity index (χ0n) is 10.3. The predicted molar refractivity (Wildman–Crippen MR) is 61.4 cm³/mol. The number of nitrogens with zero attached hydrogens (tertiary/aromatic N) is 2. The third kappa shape index (κ3) is 5.12. The molecular weight excluding hydrogens is 238 g/mol. The number of rotatable bonds is 5. The van der Waals surface area contributed by atoms with Gasteiger partial charge in [-0.15, -0.1) is 0 Å². The number of ether oxygens (including phenoxy) is 2. The Morgan fingerprint density at radius 1 is 1.61 bits per heavy atom. The molecule has 0 saturated carbocycles. The maximum Gasteiger partial charge on any atom is 0.308 e. The van der Waals surface area contributed by atoms with E-state index in [4.69, 9.17) is 10.00 Å². The van der Waals surface area contributed by atoms with Crippen LogP contribution in [0.3, 0.4) is 0 Å². The second-order valence-electron chi connectivity index (χ2n) is 3.94. The molecule has 0 aromatic heterocycles. The van der Waals surface area contributed by atoms with Gasteiger partial charge in [-0.3, -0.25) is 14.5 Å². The van der Waals surface area contributed by atoms with E-state index in [2.05, 4.69) is 10.1 Å². The number of amides is 1. The molecule has 1 atom stereocenters. The first-order chi connectivity index (χ1) is 8.65. The summed E-state index contributed by atoms with van der Waals surface area (Å²) in [7, 11) is 1.33. The second-order valence-corrected chi connectivity index (χ2v) is 3.94. The molecule has 18 heavy (non-hydrogen) atoms. The number of nitriles is 1. The van der Waals surface area contributed by atoms with Crippen LogP contribution in [0.25, 0.3) is 0 Å². The van der Waals surface area contributed by atoms with Crippen molar-refractivity contribution in [3.8, 4) is 6.07 Å². The third-order valence-electron chi connectivity index (χ3n) is 2.58. The van der Waals surface area contributed by atoms with E-state index in [1.807, 2.05) is 11.0 Å². The van der Waals surface area contributed by atoms with Crippen molar-refractivity contribution in [3.05, 3.63) is 0 Å². The van der Waals surface area contributed by atoms with Crippen molar-refractivity contribution < 1.29 is 19.1 Å². The largest absolute Gasteiger partial charge is 0.469 e. The maximum atomic E-state index is 11.4. The molecule has 1 N–H and O–H groups in total. The van der Waals surface area contributed by atoms with Gasteiger partial charge in [0.1, 0.15) is 6.54 Å². The molecule has 1 fully saturated rings. The number of carbonyl (C=O) groups excluding carboxylic acids is 2. The van der Waals surface area contributed by atoms with Crippen molar-refractivity contribution >= 4 is 11.9 Å². The van der Waals surface area contributed by atoms with Crippen LogP contribution in [0.1, 0.15) is 6.42 Å². The summed E-state index contributed by atoms with van der Waals surface area (Å²) < 4.78 is 9.99. The zero-order chi connectivity index (χ0) is 13.4. The first-order valence-electron chi connectivity index (χ1n) is 5.70. The fraction of sp³-hybridized carbons (Fsp3) is 0.727. The van der Waals surface area contributed by atoms with Crippen LogP contribution in [-0.4, -0.2) is 62.8 Å². The summed E-state index contributed by atoms with van der Waals surface area (Å²) in [6.07, 6.45) is -0.0535. The molecule has 1 aliphatic heterocycles. The molecule has 1 aliphatic rings. The molecule has 1 saturated heterocycles. The van der Waals surface area contributed by atoms with Gasteiger partial charge in [0.25, 0.3) is 0 Å². The number of nitrogens with one attached hydrogen (secondary N) is 1. The summed E-state index contributed by atoms with van der Waals surface area (Å²) in [5.74, 6) is -0.522. The Morgan fingerprint density at radius 2 is 2.39 bits per heavy atom. The number of methoxy groups -OCH3 is 1. The summed E-state index contributed by atoms with van der Waals surface area (Å²) in [6.45, 7) is 1.84. The summed E-state index contributed by atoms with van der Waals surface area (Å²) in [4.78, 5) is 24.4. The van der Waals surface area contributed by atoms with Crippen LogP contribution in [0.5, 0.6) is 0 Å². The molecule has 7 heteroatoms. The summed E-state index contributed by atoms with van der Waals surface area (Å²) in [5, 5.41) is 10.8. The van der Waals surface area contributed by atoms with Gasteiger partial charge in [0.05, 0.1) is 38.9 Å². The van der Waals surface area contributed by atoms with Crippen LogP contribution >= 0.6 is 0 Å². The van der Waals surface area contributed by atoms with Gasteiger partial charge in [-0.2, -0.15) is 5.26 Å². The van der Waals surface area contributed by atoms with Gasteiger partial charge < -0.3 is 14.8 Å². The second kappa shape index (κ2) is 7.63. The molecule has 100 valence electrons. The molecular formula is C11H17N3O4. The standard InChI is InChI=1S/C11H17N3O4/c1-17-11(16)6-9-7-14(4-5-18-9)8-10(15)13-3-2-12/h9H,3-8H2,1H3,(H,13,15). The summed E-state index contributed by atoms with van der Waals surface area (Å²) in [6, 6.07) is 1.84. The molecule has 0 bridgehead atoms. The Hall–Kier alpha value is -1.65. The monoisotopic (exact) mass is 255 g/mol. The van der Waals surface area contributed by atoms with Crippen molar-refractivity contribution in [1.82, 2.24) is 10.2 Å². The van der Waals surface area contributed by atoms with Gasteiger partial charge in [0.2, 0.25) is 5.91 Å². The average Bonchev–Trinajstić information content (AvgIpc) is 2.36. The van der Waals surface area contributed by atoms with Crippen molar-refractivity contribution in [3.63, 3.8) is 0 Å². The fourth-order valence-corrected chi connectivity index (χ4v) is 1.71. The highest BCUT2D eigenvalue weighted by atomic mass is 16.5. The van der Waals surface area contributed by atoms with Crippen LogP contribution in [0, 0.1) is 11.3 Å². The maximum absolute atomic E-state index is 11.4. The Balaban J connectivity index is 2.32. The molecule has 0 aromatic rings. The topological polar surface area (TPSA) is 91.7 Å². The number of carbonyl (C=O) groups is 2. The number of morpholine rings is 1. The minimum Gasteiger partial charge on any atom is -0.469 e. The number of esters is 1. The van der Waals surface area contributed by atoms with Crippen LogP contribution in [0.4, 0.5) is 0 Å².